The highest BCUT2D eigenvalue weighted by Gasteiger charge is 2.18. The van der Waals surface area contributed by atoms with E-state index in [9.17, 15) is 8.78 Å². The highest BCUT2D eigenvalue weighted by atomic mass is 19.1. The molecule has 1 atom stereocenters. The van der Waals surface area contributed by atoms with Gasteiger partial charge in [0.15, 0.2) is 0 Å². The van der Waals surface area contributed by atoms with E-state index >= 15 is 0 Å². The molecule has 0 spiro atoms. The Bertz CT molecular complexity index is 558. The van der Waals surface area contributed by atoms with Gasteiger partial charge in [0.25, 0.3) is 0 Å². The predicted octanol–water partition coefficient (Wildman–Crippen LogP) is 2.22. The van der Waals surface area contributed by atoms with Crippen molar-refractivity contribution in [3.8, 4) is 0 Å². The summed E-state index contributed by atoms with van der Waals surface area (Å²) >= 11 is 0. The number of benzene rings is 1. The summed E-state index contributed by atoms with van der Waals surface area (Å²) in [5.41, 5.74) is 4.53. The van der Waals surface area contributed by atoms with Crippen molar-refractivity contribution >= 4 is 0 Å². The molecule has 1 aromatic heterocycles. The molecule has 3 N–H and O–H groups in total. The van der Waals surface area contributed by atoms with Crippen molar-refractivity contribution in [2.75, 3.05) is 0 Å². The molecule has 1 aromatic carbocycles. The molecule has 0 bridgehead atoms. The van der Waals surface area contributed by atoms with E-state index < -0.39 is 17.7 Å². The van der Waals surface area contributed by atoms with Gasteiger partial charge in [-0.15, -0.1) is 0 Å². The molecule has 94 valence electrons. The second kappa shape index (κ2) is 5.20. The quantitative estimate of drug-likeness (QED) is 0.647. The van der Waals surface area contributed by atoms with E-state index in [4.69, 9.17) is 5.84 Å². The normalized spacial score (nSPS) is 12.4. The SMILES string of the molecule is Cc1cnccc1C(NN)c1ccc(F)cc1F. The van der Waals surface area contributed by atoms with Crippen LogP contribution in [0.4, 0.5) is 8.78 Å². The molecule has 2 rings (SSSR count). The summed E-state index contributed by atoms with van der Waals surface area (Å²) in [5, 5.41) is 0. The second-order valence-electron chi connectivity index (χ2n) is 4.00. The Morgan fingerprint density at radius 2 is 2.00 bits per heavy atom. The van der Waals surface area contributed by atoms with Crippen molar-refractivity contribution in [1.82, 2.24) is 10.4 Å². The van der Waals surface area contributed by atoms with Crippen LogP contribution in [-0.4, -0.2) is 4.98 Å². The standard InChI is InChI=1S/C13H13F2N3/c1-8-7-17-5-4-10(8)13(18-16)11-3-2-9(14)6-12(11)15/h2-7,13,18H,16H2,1H3. The zero-order valence-electron chi connectivity index (χ0n) is 9.82. The Morgan fingerprint density at radius 1 is 1.22 bits per heavy atom. The van der Waals surface area contributed by atoms with Crippen molar-refractivity contribution < 1.29 is 8.78 Å². The molecule has 18 heavy (non-hydrogen) atoms. The van der Waals surface area contributed by atoms with Gasteiger partial charge in [0.2, 0.25) is 0 Å². The van der Waals surface area contributed by atoms with Gasteiger partial charge in [-0.3, -0.25) is 10.8 Å². The van der Waals surface area contributed by atoms with Gasteiger partial charge in [0.05, 0.1) is 6.04 Å². The first-order chi connectivity index (χ1) is 8.63. The Hall–Kier alpha value is -1.85. The summed E-state index contributed by atoms with van der Waals surface area (Å²) in [7, 11) is 0. The average molecular weight is 249 g/mol. The molecule has 0 saturated heterocycles. The van der Waals surface area contributed by atoms with Crippen LogP contribution < -0.4 is 11.3 Å². The van der Waals surface area contributed by atoms with E-state index in [2.05, 4.69) is 10.4 Å². The van der Waals surface area contributed by atoms with Gasteiger partial charge in [0.1, 0.15) is 11.6 Å². The van der Waals surface area contributed by atoms with E-state index in [-0.39, 0.29) is 0 Å². The minimum atomic E-state index is -0.630. The molecule has 0 aliphatic heterocycles. The van der Waals surface area contributed by atoms with E-state index in [1.807, 2.05) is 6.92 Å². The lowest BCUT2D eigenvalue weighted by Gasteiger charge is -2.19. The second-order valence-corrected chi connectivity index (χ2v) is 4.00. The molecule has 1 unspecified atom stereocenters. The number of aromatic nitrogens is 1. The van der Waals surface area contributed by atoms with Crippen LogP contribution >= 0.6 is 0 Å². The van der Waals surface area contributed by atoms with E-state index in [1.54, 1.807) is 18.5 Å². The lowest BCUT2D eigenvalue weighted by molar-refractivity contribution is 0.540. The van der Waals surface area contributed by atoms with Crippen molar-refractivity contribution in [2.45, 2.75) is 13.0 Å². The zero-order chi connectivity index (χ0) is 13.1. The molecule has 0 fully saturated rings. The number of nitrogens with zero attached hydrogens (tertiary/aromatic N) is 1. The van der Waals surface area contributed by atoms with Crippen LogP contribution in [0.2, 0.25) is 0 Å². The third kappa shape index (κ3) is 2.37. The van der Waals surface area contributed by atoms with E-state index in [1.165, 1.54) is 12.1 Å². The number of hydrogen-bond donors (Lipinski definition) is 2. The first kappa shape index (κ1) is 12.6. The summed E-state index contributed by atoms with van der Waals surface area (Å²) in [4.78, 5) is 3.97. The number of aryl methyl sites for hydroxylation is 1. The number of nitrogens with two attached hydrogens (primary N) is 1. The van der Waals surface area contributed by atoms with Crippen molar-refractivity contribution in [1.29, 1.82) is 0 Å². The maximum atomic E-state index is 13.8. The Morgan fingerprint density at radius 3 is 2.61 bits per heavy atom. The molecule has 0 radical (unpaired) electrons. The number of hydrogen-bond acceptors (Lipinski definition) is 3. The van der Waals surface area contributed by atoms with Gasteiger partial charge in [-0.1, -0.05) is 6.07 Å². The van der Waals surface area contributed by atoms with Gasteiger partial charge in [-0.25, -0.2) is 14.2 Å². The fraction of sp³-hybridized carbons (Fsp3) is 0.154. The third-order valence-electron chi connectivity index (χ3n) is 2.81. The van der Waals surface area contributed by atoms with Gasteiger partial charge in [0, 0.05) is 24.0 Å². The van der Waals surface area contributed by atoms with Crippen LogP contribution in [-0.2, 0) is 0 Å². The fourth-order valence-corrected chi connectivity index (χ4v) is 1.89. The van der Waals surface area contributed by atoms with Crippen LogP contribution in [0.1, 0.15) is 22.7 Å². The van der Waals surface area contributed by atoms with Gasteiger partial charge in [-0.2, -0.15) is 0 Å². The van der Waals surface area contributed by atoms with Crippen molar-refractivity contribution in [3.63, 3.8) is 0 Å². The molecule has 2 aromatic rings. The highest BCUT2D eigenvalue weighted by molar-refractivity contribution is 5.35. The smallest absolute Gasteiger partial charge is 0.131 e. The molecule has 0 aliphatic rings. The molecule has 1 heterocycles. The highest BCUT2D eigenvalue weighted by Crippen LogP contribution is 2.26. The Labute approximate surface area is 104 Å². The largest absolute Gasteiger partial charge is 0.271 e. The molecule has 3 nitrogen and oxygen atoms in total. The maximum Gasteiger partial charge on any atom is 0.131 e. The van der Waals surface area contributed by atoms with Crippen LogP contribution in [0.3, 0.4) is 0 Å². The van der Waals surface area contributed by atoms with Crippen LogP contribution in [0.5, 0.6) is 0 Å². The lowest BCUT2D eigenvalue weighted by atomic mass is 9.96. The van der Waals surface area contributed by atoms with Crippen LogP contribution in [0.25, 0.3) is 0 Å². The van der Waals surface area contributed by atoms with Gasteiger partial charge >= 0.3 is 0 Å². The van der Waals surface area contributed by atoms with Crippen molar-refractivity contribution in [2.24, 2.45) is 5.84 Å². The van der Waals surface area contributed by atoms with E-state index in [0.717, 1.165) is 17.2 Å². The number of pyridine rings is 1. The number of rotatable bonds is 3. The summed E-state index contributed by atoms with van der Waals surface area (Å²) in [6.45, 7) is 1.86. The molecule has 0 amide bonds. The lowest BCUT2D eigenvalue weighted by Crippen LogP contribution is -2.30. The summed E-state index contributed by atoms with van der Waals surface area (Å²) < 4.78 is 26.6. The fourth-order valence-electron chi connectivity index (χ4n) is 1.89. The summed E-state index contributed by atoms with van der Waals surface area (Å²) in [6, 6.07) is 4.65. The number of hydrazine groups is 1. The van der Waals surface area contributed by atoms with Gasteiger partial charge < -0.3 is 0 Å². The summed E-state index contributed by atoms with van der Waals surface area (Å²) in [6.07, 6.45) is 3.27. The number of nitrogens with one attached hydrogen (secondary N) is 1. The topological polar surface area (TPSA) is 50.9 Å². The van der Waals surface area contributed by atoms with Gasteiger partial charge in [-0.05, 0) is 30.2 Å². The maximum absolute atomic E-state index is 13.8. The minimum Gasteiger partial charge on any atom is -0.271 e. The Balaban J connectivity index is 2.49. The van der Waals surface area contributed by atoms with E-state index in [0.29, 0.717) is 5.56 Å². The van der Waals surface area contributed by atoms with Crippen LogP contribution in [0, 0.1) is 18.6 Å². The first-order valence-electron chi connectivity index (χ1n) is 5.45. The Kier molecular flexibility index (Phi) is 3.64. The van der Waals surface area contributed by atoms with Crippen molar-refractivity contribution in [3.05, 3.63) is 65.0 Å². The molecule has 0 aliphatic carbocycles. The molecule has 5 heteroatoms. The average Bonchev–Trinajstić information content (AvgIpc) is 2.34. The molecular formula is C13H13F2N3. The third-order valence-corrected chi connectivity index (χ3v) is 2.81. The minimum absolute atomic E-state index is 0.299. The molecular weight excluding hydrogens is 236 g/mol. The monoisotopic (exact) mass is 249 g/mol. The zero-order valence-corrected chi connectivity index (χ0v) is 9.82. The first-order valence-corrected chi connectivity index (χ1v) is 5.45. The van der Waals surface area contributed by atoms with Crippen LogP contribution in [0.15, 0.2) is 36.7 Å². The predicted molar refractivity (Wildman–Crippen MR) is 64.5 cm³/mol. The summed E-state index contributed by atoms with van der Waals surface area (Å²) in [5.74, 6) is 4.24. The number of halogens is 2. The molecule has 0 saturated carbocycles.